The summed E-state index contributed by atoms with van der Waals surface area (Å²) in [5.74, 6) is 0.879. The van der Waals surface area contributed by atoms with Crippen molar-refractivity contribution in [2.45, 2.75) is 71.4 Å². The summed E-state index contributed by atoms with van der Waals surface area (Å²) >= 11 is 0. The van der Waals surface area contributed by atoms with Gasteiger partial charge in [0, 0.05) is 0 Å². The minimum atomic E-state index is -0.727. The molecule has 1 aliphatic rings. The third kappa shape index (κ3) is 3.70. The lowest BCUT2D eigenvalue weighted by molar-refractivity contribution is -0.158. The topological polar surface area (TPSA) is 52.3 Å². The number of esters is 1. The highest BCUT2D eigenvalue weighted by atomic mass is 16.5. The Labute approximate surface area is 105 Å². The molecule has 1 atom stereocenters. The van der Waals surface area contributed by atoms with Crippen molar-refractivity contribution in [2.75, 3.05) is 0 Å². The van der Waals surface area contributed by atoms with Crippen LogP contribution in [0, 0.1) is 11.8 Å². The van der Waals surface area contributed by atoms with E-state index < -0.39 is 5.54 Å². The standard InChI is InChI=1S/C14H27NO2/c1-5-12-6-8-14(15,9-7-12)13(16)17-11(4)10(2)3/h10-12H,5-9,15H2,1-4H3. The van der Waals surface area contributed by atoms with Crippen molar-refractivity contribution in [3.8, 4) is 0 Å². The minimum Gasteiger partial charge on any atom is -0.461 e. The van der Waals surface area contributed by atoms with Crippen molar-refractivity contribution in [3.05, 3.63) is 0 Å². The van der Waals surface area contributed by atoms with Gasteiger partial charge in [0.2, 0.25) is 0 Å². The molecule has 1 saturated carbocycles. The van der Waals surface area contributed by atoms with Gasteiger partial charge < -0.3 is 10.5 Å². The number of carbonyl (C=O) groups excluding carboxylic acids is 1. The molecule has 2 N–H and O–H groups in total. The van der Waals surface area contributed by atoms with E-state index in [1.54, 1.807) is 0 Å². The van der Waals surface area contributed by atoms with E-state index in [9.17, 15) is 4.79 Å². The van der Waals surface area contributed by atoms with E-state index >= 15 is 0 Å². The fourth-order valence-corrected chi connectivity index (χ4v) is 2.23. The van der Waals surface area contributed by atoms with Crippen LogP contribution in [0.25, 0.3) is 0 Å². The predicted octanol–water partition coefficient (Wildman–Crippen LogP) is 2.87. The maximum atomic E-state index is 12.1. The Bertz CT molecular complexity index is 255. The average Bonchev–Trinajstić information content (AvgIpc) is 2.29. The molecule has 0 spiro atoms. The van der Waals surface area contributed by atoms with E-state index in [0.717, 1.165) is 31.6 Å². The van der Waals surface area contributed by atoms with Crippen LogP contribution in [-0.4, -0.2) is 17.6 Å². The summed E-state index contributed by atoms with van der Waals surface area (Å²) in [5.41, 5.74) is 5.47. The van der Waals surface area contributed by atoms with Crippen LogP contribution >= 0.6 is 0 Å². The summed E-state index contributed by atoms with van der Waals surface area (Å²) < 4.78 is 5.46. The molecule has 0 aromatic rings. The van der Waals surface area contributed by atoms with Crippen molar-refractivity contribution in [1.29, 1.82) is 0 Å². The zero-order valence-corrected chi connectivity index (χ0v) is 11.7. The fourth-order valence-electron chi connectivity index (χ4n) is 2.23. The SMILES string of the molecule is CCC1CCC(N)(C(=O)OC(C)C(C)C)CC1. The van der Waals surface area contributed by atoms with E-state index in [1.807, 2.05) is 6.92 Å². The number of ether oxygens (including phenoxy) is 1. The van der Waals surface area contributed by atoms with Crippen LogP contribution in [0.2, 0.25) is 0 Å². The number of nitrogens with two attached hydrogens (primary N) is 1. The van der Waals surface area contributed by atoms with Gasteiger partial charge >= 0.3 is 5.97 Å². The summed E-state index contributed by atoms with van der Waals surface area (Å²) in [7, 11) is 0. The molecule has 100 valence electrons. The Morgan fingerprint density at radius 1 is 1.35 bits per heavy atom. The van der Waals surface area contributed by atoms with E-state index in [4.69, 9.17) is 10.5 Å². The molecule has 1 fully saturated rings. The summed E-state index contributed by atoms with van der Waals surface area (Å²) in [5, 5.41) is 0. The highest BCUT2D eigenvalue weighted by molar-refractivity contribution is 5.80. The molecule has 0 radical (unpaired) electrons. The normalized spacial score (nSPS) is 31.3. The van der Waals surface area contributed by atoms with Gasteiger partial charge in [-0.1, -0.05) is 27.2 Å². The van der Waals surface area contributed by atoms with Gasteiger partial charge in [0.05, 0.1) is 0 Å². The van der Waals surface area contributed by atoms with E-state index in [1.165, 1.54) is 6.42 Å². The molecule has 0 heterocycles. The molecular formula is C14H27NO2. The van der Waals surface area contributed by atoms with Crippen molar-refractivity contribution in [1.82, 2.24) is 0 Å². The highest BCUT2D eigenvalue weighted by Crippen LogP contribution is 2.33. The monoisotopic (exact) mass is 241 g/mol. The van der Waals surface area contributed by atoms with Crippen LogP contribution < -0.4 is 5.73 Å². The minimum absolute atomic E-state index is 0.0492. The van der Waals surface area contributed by atoms with Crippen molar-refractivity contribution in [3.63, 3.8) is 0 Å². The summed E-state index contributed by atoms with van der Waals surface area (Å²) in [4.78, 5) is 12.1. The molecule has 3 heteroatoms. The van der Waals surface area contributed by atoms with Crippen LogP contribution in [0.1, 0.15) is 59.8 Å². The summed E-state index contributed by atoms with van der Waals surface area (Å²) in [6.07, 6.45) is 4.79. The lowest BCUT2D eigenvalue weighted by Crippen LogP contribution is -2.52. The third-order valence-electron chi connectivity index (χ3n) is 4.21. The maximum absolute atomic E-state index is 12.1. The van der Waals surface area contributed by atoms with E-state index in [2.05, 4.69) is 20.8 Å². The fraction of sp³-hybridized carbons (Fsp3) is 0.929. The molecule has 0 saturated heterocycles. The van der Waals surface area contributed by atoms with E-state index in [-0.39, 0.29) is 12.1 Å². The van der Waals surface area contributed by atoms with Gasteiger partial charge in [-0.05, 0) is 44.4 Å². The van der Waals surface area contributed by atoms with Crippen molar-refractivity contribution < 1.29 is 9.53 Å². The molecule has 0 aromatic carbocycles. The van der Waals surface area contributed by atoms with Crippen molar-refractivity contribution in [2.24, 2.45) is 17.6 Å². The lowest BCUT2D eigenvalue weighted by atomic mass is 9.76. The zero-order valence-electron chi connectivity index (χ0n) is 11.7. The molecule has 0 aromatic heterocycles. The van der Waals surface area contributed by atoms with Crippen LogP contribution in [0.4, 0.5) is 0 Å². The molecule has 0 aliphatic heterocycles. The Morgan fingerprint density at radius 3 is 2.29 bits per heavy atom. The highest BCUT2D eigenvalue weighted by Gasteiger charge is 2.40. The van der Waals surface area contributed by atoms with Gasteiger partial charge in [0.15, 0.2) is 0 Å². The molecule has 0 amide bonds. The molecule has 1 aliphatic carbocycles. The molecule has 0 bridgehead atoms. The second kappa shape index (κ2) is 5.85. The van der Waals surface area contributed by atoms with Gasteiger partial charge in [-0.15, -0.1) is 0 Å². The first-order chi connectivity index (χ1) is 7.89. The smallest absolute Gasteiger partial charge is 0.326 e. The maximum Gasteiger partial charge on any atom is 0.326 e. The first-order valence-electron chi connectivity index (χ1n) is 6.89. The lowest BCUT2D eigenvalue weighted by Gasteiger charge is -2.35. The zero-order chi connectivity index (χ0) is 13.1. The second-order valence-corrected chi connectivity index (χ2v) is 5.86. The van der Waals surface area contributed by atoms with Gasteiger partial charge in [0.1, 0.15) is 11.6 Å². The number of hydrogen-bond donors (Lipinski definition) is 1. The van der Waals surface area contributed by atoms with Crippen LogP contribution in [0.15, 0.2) is 0 Å². The van der Waals surface area contributed by atoms with Gasteiger partial charge in [-0.2, -0.15) is 0 Å². The number of carbonyl (C=O) groups is 1. The molecule has 3 nitrogen and oxygen atoms in total. The van der Waals surface area contributed by atoms with Crippen molar-refractivity contribution >= 4 is 5.97 Å². The van der Waals surface area contributed by atoms with Crippen LogP contribution in [0.5, 0.6) is 0 Å². The molecule has 1 rings (SSSR count). The van der Waals surface area contributed by atoms with Crippen LogP contribution in [0.3, 0.4) is 0 Å². The Hall–Kier alpha value is -0.570. The predicted molar refractivity (Wildman–Crippen MR) is 69.6 cm³/mol. The Kier molecular flexibility index (Phi) is 4.99. The largest absolute Gasteiger partial charge is 0.461 e. The second-order valence-electron chi connectivity index (χ2n) is 5.86. The quantitative estimate of drug-likeness (QED) is 0.770. The first-order valence-corrected chi connectivity index (χ1v) is 6.89. The Morgan fingerprint density at radius 2 is 1.88 bits per heavy atom. The van der Waals surface area contributed by atoms with Gasteiger partial charge in [-0.25, -0.2) is 0 Å². The summed E-state index contributed by atoms with van der Waals surface area (Å²) in [6, 6.07) is 0. The first kappa shape index (κ1) is 14.5. The number of hydrogen-bond acceptors (Lipinski definition) is 3. The third-order valence-corrected chi connectivity index (χ3v) is 4.21. The molecule has 17 heavy (non-hydrogen) atoms. The number of rotatable bonds is 4. The van der Waals surface area contributed by atoms with Gasteiger partial charge in [0.25, 0.3) is 0 Å². The van der Waals surface area contributed by atoms with Crippen LogP contribution in [-0.2, 0) is 9.53 Å². The molecule has 1 unspecified atom stereocenters. The van der Waals surface area contributed by atoms with Gasteiger partial charge in [-0.3, -0.25) is 4.79 Å². The summed E-state index contributed by atoms with van der Waals surface area (Å²) in [6.45, 7) is 8.24. The Balaban J connectivity index is 2.51. The van der Waals surface area contributed by atoms with E-state index in [0.29, 0.717) is 5.92 Å². The average molecular weight is 241 g/mol. The molecular weight excluding hydrogens is 214 g/mol.